The smallest absolute Gasteiger partial charge is 0.419 e. The fourth-order valence-corrected chi connectivity index (χ4v) is 6.48. The summed E-state index contributed by atoms with van der Waals surface area (Å²) in [6, 6.07) is 24.2. The van der Waals surface area contributed by atoms with E-state index in [4.69, 9.17) is 13.9 Å². The topological polar surface area (TPSA) is 94.2 Å². The van der Waals surface area contributed by atoms with Crippen molar-refractivity contribution < 1.29 is 23.5 Å². The average molecular weight is 626 g/mol. The van der Waals surface area contributed by atoms with Crippen LogP contribution in [0.4, 0.5) is 10.5 Å². The number of methoxy groups -OCH3 is 1. The Hall–Kier alpha value is -4.37. The Kier molecular flexibility index (Phi) is 9.04. The number of aromatic nitrogens is 1. The van der Waals surface area contributed by atoms with E-state index < -0.39 is 23.4 Å². The number of piperidine rings is 1. The van der Waals surface area contributed by atoms with Crippen molar-refractivity contribution >= 4 is 28.8 Å². The van der Waals surface area contributed by atoms with Crippen LogP contribution in [0.1, 0.15) is 57.9 Å². The molecule has 9 nitrogen and oxygen atoms in total. The third-order valence-corrected chi connectivity index (χ3v) is 8.81. The van der Waals surface area contributed by atoms with Gasteiger partial charge in [0.2, 0.25) is 5.91 Å². The molecule has 2 fully saturated rings. The molecule has 0 radical (unpaired) electrons. The van der Waals surface area contributed by atoms with E-state index in [1.54, 1.807) is 22.6 Å². The second-order valence-electron chi connectivity index (χ2n) is 13.4. The Balaban J connectivity index is 1.36. The number of oxazole rings is 1. The number of ether oxygens (including phenoxy) is 2. The van der Waals surface area contributed by atoms with Gasteiger partial charge in [0, 0.05) is 45.1 Å². The number of carbonyl (C=O) groups excluding carboxylic acids is 2. The summed E-state index contributed by atoms with van der Waals surface area (Å²) in [5.41, 5.74) is 4.51. The van der Waals surface area contributed by atoms with Gasteiger partial charge in [0.05, 0.1) is 11.4 Å². The maximum atomic E-state index is 14.8. The molecular weight excluding hydrogens is 582 g/mol. The minimum Gasteiger partial charge on any atom is -0.444 e. The molecule has 0 bridgehead atoms. The van der Waals surface area contributed by atoms with E-state index in [0.717, 1.165) is 35.2 Å². The van der Waals surface area contributed by atoms with Crippen LogP contribution in [-0.4, -0.2) is 59.9 Å². The fourth-order valence-electron chi connectivity index (χ4n) is 6.48. The van der Waals surface area contributed by atoms with E-state index in [9.17, 15) is 14.4 Å². The highest BCUT2D eigenvalue weighted by Gasteiger charge is 2.44. The standard InChI is InChI=1S/C37H43N3O6/c1-37(2,3)46-35(42)38-20-18-30(27-13-8-12-26(22-27)25-10-6-5-7-11-25)31(24-38)34(41)40(28-14-15-28)29-16-17-33-32(23-29)39(36(43)45-33)19-9-21-44-4/h5-8,10-13,16-17,22-23,28,30-31H,9,14-15,18-21,24H2,1-4H3/t30-,31+/m1/s1. The predicted octanol–water partition coefficient (Wildman–Crippen LogP) is 6.83. The Morgan fingerprint density at radius 2 is 1.72 bits per heavy atom. The molecule has 1 aliphatic heterocycles. The summed E-state index contributed by atoms with van der Waals surface area (Å²) >= 11 is 0. The summed E-state index contributed by atoms with van der Waals surface area (Å²) in [4.78, 5) is 44.4. The molecule has 1 saturated heterocycles. The van der Waals surface area contributed by atoms with Crippen molar-refractivity contribution in [2.24, 2.45) is 5.92 Å². The van der Waals surface area contributed by atoms with E-state index in [1.165, 1.54) is 0 Å². The fraction of sp³-hybridized carbons (Fsp3) is 0.432. The van der Waals surface area contributed by atoms with Gasteiger partial charge in [0.15, 0.2) is 5.58 Å². The zero-order chi connectivity index (χ0) is 32.4. The number of amides is 2. The Labute approximate surface area is 269 Å². The Morgan fingerprint density at radius 3 is 2.43 bits per heavy atom. The SMILES string of the molecule is COCCCn1c(=O)oc2ccc(N(C(=O)[C@H]3CN(C(=O)OC(C)(C)C)CC[C@@H]3c3cccc(-c4ccccc4)c3)C3CC3)cc21. The van der Waals surface area contributed by atoms with Gasteiger partial charge in [-0.3, -0.25) is 9.36 Å². The zero-order valence-corrected chi connectivity index (χ0v) is 27.1. The lowest BCUT2D eigenvalue weighted by molar-refractivity contribution is -0.124. The van der Waals surface area contributed by atoms with E-state index in [0.29, 0.717) is 43.6 Å². The number of hydrogen-bond acceptors (Lipinski definition) is 6. The average Bonchev–Trinajstić information content (AvgIpc) is 3.83. The van der Waals surface area contributed by atoms with Gasteiger partial charge < -0.3 is 23.7 Å². The molecule has 2 amide bonds. The Morgan fingerprint density at radius 1 is 0.957 bits per heavy atom. The molecule has 2 heterocycles. The number of likely N-dealkylation sites (tertiary alicyclic amines) is 1. The van der Waals surface area contributed by atoms with E-state index in [1.807, 2.05) is 62.1 Å². The second-order valence-corrected chi connectivity index (χ2v) is 13.4. The number of hydrogen-bond donors (Lipinski definition) is 0. The molecule has 4 aromatic rings. The highest BCUT2D eigenvalue weighted by atomic mass is 16.6. The minimum atomic E-state index is -0.642. The van der Waals surface area contributed by atoms with Crippen molar-refractivity contribution in [3.8, 4) is 11.1 Å². The van der Waals surface area contributed by atoms with Crippen molar-refractivity contribution in [3.63, 3.8) is 0 Å². The molecule has 3 aromatic carbocycles. The first kappa shape index (κ1) is 31.6. The van der Waals surface area contributed by atoms with Crippen LogP contribution < -0.4 is 10.7 Å². The number of carbonyl (C=O) groups is 2. The zero-order valence-electron chi connectivity index (χ0n) is 27.1. The molecule has 0 unspecified atom stereocenters. The molecule has 0 N–H and O–H groups in total. The summed E-state index contributed by atoms with van der Waals surface area (Å²) in [7, 11) is 1.63. The van der Waals surface area contributed by atoms with E-state index in [-0.39, 0.29) is 24.4 Å². The third kappa shape index (κ3) is 6.89. The van der Waals surface area contributed by atoms with Crippen LogP contribution in [0.25, 0.3) is 22.2 Å². The van der Waals surface area contributed by atoms with Crippen LogP contribution in [0.15, 0.2) is 82.0 Å². The summed E-state index contributed by atoms with van der Waals surface area (Å²) in [6.07, 6.45) is 2.68. The van der Waals surface area contributed by atoms with Gasteiger partial charge in [0.1, 0.15) is 5.60 Å². The molecule has 6 rings (SSSR count). The molecule has 0 spiro atoms. The second kappa shape index (κ2) is 13.2. The molecule has 9 heteroatoms. The van der Waals surface area contributed by atoms with Gasteiger partial charge in [-0.2, -0.15) is 0 Å². The lowest BCUT2D eigenvalue weighted by Gasteiger charge is -2.40. The normalized spacial score (nSPS) is 18.5. The van der Waals surface area contributed by atoms with Gasteiger partial charge in [-0.05, 0) is 87.3 Å². The van der Waals surface area contributed by atoms with Gasteiger partial charge in [-0.1, -0.05) is 54.6 Å². The number of benzene rings is 3. The first-order valence-corrected chi connectivity index (χ1v) is 16.2. The molecule has 2 atom stereocenters. The molecule has 1 aromatic heterocycles. The first-order chi connectivity index (χ1) is 22.1. The molecule has 46 heavy (non-hydrogen) atoms. The number of anilines is 1. The number of nitrogens with zero attached hydrogens (tertiary/aromatic N) is 3. The largest absolute Gasteiger partial charge is 0.444 e. The van der Waals surface area contributed by atoms with Crippen molar-refractivity contribution in [1.82, 2.24) is 9.47 Å². The Bertz CT molecular complexity index is 1750. The van der Waals surface area contributed by atoms with Crippen LogP contribution in [0, 0.1) is 5.92 Å². The lowest BCUT2D eigenvalue weighted by Crippen LogP contribution is -2.51. The van der Waals surface area contributed by atoms with Gasteiger partial charge >= 0.3 is 11.8 Å². The molecule has 1 aliphatic carbocycles. The van der Waals surface area contributed by atoms with Crippen LogP contribution >= 0.6 is 0 Å². The summed E-state index contributed by atoms with van der Waals surface area (Å²) < 4.78 is 18.1. The lowest BCUT2D eigenvalue weighted by atomic mass is 9.79. The number of rotatable bonds is 9. The maximum Gasteiger partial charge on any atom is 0.419 e. The molecular formula is C37H43N3O6. The quantitative estimate of drug-likeness (QED) is 0.189. The molecule has 1 saturated carbocycles. The summed E-state index contributed by atoms with van der Waals surface area (Å²) in [6.45, 7) is 7.28. The van der Waals surface area contributed by atoms with Gasteiger partial charge in [-0.25, -0.2) is 9.59 Å². The minimum absolute atomic E-state index is 0.0259. The summed E-state index contributed by atoms with van der Waals surface area (Å²) in [5, 5.41) is 0. The van der Waals surface area contributed by atoms with E-state index >= 15 is 0 Å². The maximum absolute atomic E-state index is 14.8. The monoisotopic (exact) mass is 625 g/mol. The van der Waals surface area contributed by atoms with Crippen LogP contribution in [0.5, 0.6) is 0 Å². The van der Waals surface area contributed by atoms with Gasteiger partial charge in [0.25, 0.3) is 0 Å². The van der Waals surface area contributed by atoms with Crippen molar-refractivity contribution in [2.75, 3.05) is 31.7 Å². The van der Waals surface area contributed by atoms with Gasteiger partial charge in [-0.15, -0.1) is 0 Å². The van der Waals surface area contributed by atoms with Crippen LogP contribution in [-0.2, 0) is 20.8 Å². The van der Waals surface area contributed by atoms with Crippen LogP contribution in [0.2, 0.25) is 0 Å². The van der Waals surface area contributed by atoms with Crippen molar-refractivity contribution in [1.29, 1.82) is 0 Å². The van der Waals surface area contributed by atoms with Crippen molar-refractivity contribution in [3.05, 3.63) is 88.9 Å². The van der Waals surface area contributed by atoms with Crippen molar-refractivity contribution in [2.45, 2.75) is 70.6 Å². The number of aryl methyl sites for hydroxylation is 1. The third-order valence-electron chi connectivity index (χ3n) is 8.81. The first-order valence-electron chi connectivity index (χ1n) is 16.2. The molecule has 2 aliphatic rings. The number of fused-ring (bicyclic) bond motifs is 1. The highest BCUT2D eigenvalue weighted by molar-refractivity contribution is 5.98. The van der Waals surface area contributed by atoms with Crippen LogP contribution in [0.3, 0.4) is 0 Å². The summed E-state index contributed by atoms with van der Waals surface area (Å²) in [5.74, 6) is -1.04. The predicted molar refractivity (Wildman–Crippen MR) is 178 cm³/mol. The molecule has 242 valence electrons. The highest BCUT2D eigenvalue weighted by Crippen LogP contribution is 2.41. The van der Waals surface area contributed by atoms with E-state index in [2.05, 4.69) is 30.3 Å².